The van der Waals surface area contributed by atoms with E-state index in [1.54, 1.807) is 53.6 Å². The summed E-state index contributed by atoms with van der Waals surface area (Å²) in [5, 5.41) is 5.90. The Morgan fingerprint density at radius 3 is 2.68 bits per heavy atom. The molecule has 160 valence electrons. The number of aromatic amines is 1. The molecule has 5 nitrogen and oxygen atoms in total. The lowest BCUT2D eigenvalue weighted by molar-refractivity contribution is -0.401. The van der Waals surface area contributed by atoms with Gasteiger partial charge >= 0.3 is 6.18 Å². The topological polar surface area (TPSA) is 58.5 Å². The summed E-state index contributed by atoms with van der Waals surface area (Å²) in [6.07, 6.45) is 2.88. The fourth-order valence-electron chi connectivity index (χ4n) is 3.43. The lowest BCUT2D eigenvalue weighted by Gasteiger charge is -2.26. The van der Waals surface area contributed by atoms with E-state index >= 15 is 0 Å². The molecule has 1 amide bonds. The first kappa shape index (κ1) is 21.3. The van der Waals surface area contributed by atoms with Crippen molar-refractivity contribution in [3.05, 3.63) is 99.7 Å². The van der Waals surface area contributed by atoms with Crippen LogP contribution in [0.25, 0.3) is 0 Å². The molecule has 0 bridgehead atoms. The minimum Gasteiger partial charge on any atom is -0.355 e. The van der Waals surface area contributed by atoms with Crippen LogP contribution in [0.15, 0.2) is 78.4 Å². The number of alkyl halides is 3. The second kappa shape index (κ2) is 8.28. The summed E-state index contributed by atoms with van der Waals surface area (Å²) in [4.78, 5) is 17.2. The van der Waals surface area contributed by atoms with E-state index in [2.05, 4.69) is 15.6 Å². The summed E-state index contributed by atoms with van der Waals surface area (Å²) in [5.41, 5.74) is 0.867. The van der Waals surface area contributed by atoms with Gasteiger partial charge in [0, 0.05) is 33.9 Å². The number of hydrogen-bond donors (Lipinski definition) is 2. The first-order chi connectivity index (χ1) is 14.8. The molecule has 4 rings (SSSR count). The lowest BCUT2D eigenvalue weighted by atomic mass is 10.1. The molecule has 2 aliphatic heterocycles. The van der Waals surface area contributed by atoms with Crippen LogP contribution in [-0.2, 0) is 4.79 Å². The van der Waals surface area contributed by atoms with Gasteiger partial charge in [0.2, 0.25) is 11.7 Å². The number of carbonyl (C=O) groups excluding carboxylic acids is 1. The smallest absolute Gasteiger partial charge is 0.355 e. The third-order valence-corrected chi connectivity index (χ3v) is 5.40. The number of carbonyl (C=O) groups is 1. The van der Waals surface area contributed by atoms with Crippen LogP contribution in [-0.4, -0.2) is 17.0 Å². The first-order valence-electron chi connectivity index (χ1n) is 9.19. The van der Waals surface area contributed by atoms with Crippen LogP contribution < -0.4 is 15.6 Å². The summed E-state index contributed by atoms with van der Waals surface area (Å²) >= 11 is 12.3. The van der Waals surface area contributed by atoms with E-state index in [1.807, 2.05) is 0 Å². The molecule has 0 saturated heterocycles. The molecular formula is C21H16Cl2F3N4O+. The Bertz CT molecular complexity index is 1100. The van der Waals surface area contributed by atoms with Gasteiger partial charge in [0.15, 0.2) is 6.20 Å². The Kier molecular flexibility index (Phi) is 5.68. The van der Waals surface area contributed by atoms with Crippen molar-refractivity contribution in [2.24, 2.45) is 0 Å². The molecule has 2 aliphatic rings. The fourth-order valence-corrected chi connectivity index (χ4v) is 3.94. The van der Waals surface area contributed by atoms with E-state index in [-0.39, 0.29) is 11.4 Å². The minimum atomic E-state index is -4.70. The third kappa shape index (κ3) is 4.26. The van der Waals surface area contributed by atoms with Crippen molar-refractivity contribution in [2.45, 2.75) is 18.4 Å². The largest absolute Gasteiger partial charge is 0.418 e. The molecule has 31 heavy (non-hydrogen) atoms. The highest BCUT2D eigenvalue weighted by molar-refractivity contribution is 6.35. The Balaban J connectivity index is 1.65. The molecule has 2 unspecified atom stereocenters. The standard InChI is InChI=1S/C21H15Cl2F3N4O/c22-12-7-8-13(14(23)11-12)19-28-17(16-6-2-4-10-30(16)19)20(31)29-18(21(24,25)26)15-5-1-3-9-27-15/h1-11,18-19,28H,(H,29,31)/p+1. The first-order valence-corrected chi connectivity index (χ1v) is 9.94. The van der Waals surface area contributed by atoms with E-state index in [0.29, 0.717) is 21.3 Å². The molecule has 2 atom stereocenters. The number of allylic oxidation sites excluding steroid dienone is 3. The van der Waals surface area contributed by atoms with Crippen molar-refractivity contribution >= 4 is 29.1 Å². The molecule has 0 fully saturated rings. The zero-order chi connectivity index (χ0) is 22.2. The van der Waals surface area contributed by atoms with Gasteiger partial charge in [0.25, 0.3) is 5.91 Å². The molecule has 1 aromatic carbocycles. The van der Waals surface area contributed by atoms with Crippen molar-refractivity contribution in [2.75, 3.05) is 0 Å². The average Bonchev–Trinajstić information content (AvgIpc) is 3.11. The molecule has 3 heterocycles. The predicted molar refractivity (Wildman–Crippen MR) is 109 cm³/mol. The zero-order valence-electron chi connectivity index (χ0n) is 15.8. The number of rotatable bonds is 4. The van der Waals surface area contributed by atoms with Crippen LogP contribution in [0.3, 0.4) is 0 Å². The van der Waals surface area contributed by atoms with Gasteiger partial charge < -0.3 is 15.5 Å². The van der Waals surface area contributed by atoms with Crippen molar-refractivity contribution < 1.29 is 22.9 Å². The van der Waals surface area contributed by atoms with Gasteiger partial charge in [0.05, 0.1) is 5.70 Å². The molecule has 1 aromatic heterocycles. The lowest BCUT2D eigenvalue weighted by Crippen LogP contribution is -2.43. The van der Waals surface area contributed by atoms with Gasteiger partial charge in [0.1, 0.15) is 11.9 Å². The van der Waals surface area contributed by atoms with Crippen LogP contribution >= 0.6 is 23.2 Å². The Morgan fingerprint density at radius 2 is 2.00 bits per heavy atom. The molecule has 2 aromatic rings. The maximum absolute atomic E-state index is 13.7. The number of benzene rings is 1. The SMILES string of the molecule is O=C(NC(c1cccc[nH+]1)C(F)(F)F)C1=C2C=CC=CN2C(c2ccc(Cl)cc2Cl)N1. The van der Waals surface area contributed by atoms with Crippen LogP contribution in [0.4, 0.5) is 13.2 Å². The molecule has 0 aliphatic carbocycles. The van der Waals surface area contributed by atoms with Gasteiger partial charge in [-0.25, -0.2) is 4.98 Å². The third-order valence-electron chi connectivity index (χ3n) is 4.84. The van der Waals surface area contributed by atoms with Crippen LogP contribution in [0.2, 0.25) is 10.0 Å². The molecule has 0 spiro atoms. The second-order valence-corrected chi connectivity index (χ2v) is 7.69. The average molecular weight is 468 g/mol. The van der Waals surface area contributed by atoms with Gasteiger partial charge in [-0.15, -0.1) is 0 Å². The summed E-state index contributed by atoms with van der Waals surface area (Å²) < 4.78 is 41.0. The van der Waals surface area contributed by atoms with E-state index in [1.165, 1.54) is 18.3 Å². The molecular weight excluding hydrogens is 452 g/mol. The summed E-state index contributed by atoms with van der Waals surface area (Å²) in [5.74, 6) is -0.896. The van der Waals surface area contributed by atoms with Crippen molar-refractivity contribution in [1.82, 2.24) is 15.5 Å². The number of hydrogen-bond acceptors (Lipinski definition) is 3. The molecule has 10 heteroatoms. The van der Waals surface area contributed by atoms with Crippen LogP contribution in [0, 0.1) is 0 Å². The highest BCUT2D eigenvalue weighted by Crippen LogP contribution is 2.38. The number of nitrogens with zero attached hydrogens (tertiary/aromatic N) is 1. The summed E-state index contributed by atoms with van der Waals surface area (Å²) in [6, 6.07) is 6.99. The molecule has 0 radical (unpaired) electrons. The quantitative estimate of drug-likeness (QED) is 0.699. The van der Waals surface area contributed by atoms with Gasteiger partial charge in [-0.1, -0.05) is 41.4 Å². The van der Waals surface area contributed by atoms with E-state index in [9.17, 15) is 18.0 Å². The minimum absolute atomic E-state index is 0.00166. The second-order valence-electron chi connectivity index (χ2n) is 6.85. The Hall–Kier alpha value is -2.97. The molecule has 3 N–H and O–H groups in total. The highest BCUT2D eigenvalue weighted by Gasteiger charge is 2.47. The number of aromatic nitrogens is 1. The van der Waals surface area contributed by atoms with E-state index in [4.69, 9.17) is 23.2 Å². The van der Waals surface area contributed by atoms with Gasteiger partial charge in [-0.3, -0.25) is 4.79 Å². The van der Waals surface area contributed by atoms with Crippen LogP contribution in [0.5, 0.6) is 0 Å². The van der Waals surface area contributed by atoms with Gasteiger partial charge in [-0.2, -0.15) is 13.2 Å². The summed E-state index contributed by atoms with van der Waals surface area (Å²) in [6.45, 7) is 0. The number of nitrogens with one attached hydrogen (secondary N) is 3. The number of amides is 1. The van der Waals surface area contributed by atoms with E-state index in [0.717, 1.165) is 0 Å². The zero-order valence-corrected chi connectivity index (χ0v) is 17.3. The van der Waals surface area contributed by atoms with Crippen molar-refractivity contribution in [3.63, 3.8) is 0 Å². The fraction of sp³-hybridized carbons (Fsp3) is 0.143. The number of H-pyrrole nitrogens is 1. The van der Waals surface area contributed by atoms with Gasteiger partial charge in [-0.05, 0) is 24.3 Å². The predicted octanol–water partition coefficient (Wildman–Crippen LogP) is 4.43. The highest BCUT2D eigenvalue weighted by atomic mass is 35.5. The maximum atomic E-state index is 13.7. The Morgan fingerprint density at radius 1 is 1.19 bits per heavy atom. The number of halogens is 5. The van der Waals surface area contributed by atoms with Crippen molar-refractivity contribution in [3.8, 4) is 0 Å². The summed E-state index contributed by atoms with van der Waals surface area (Å²) in [7, 11) is 0. The Labute approximate surface area is 185 Å². The number of fused-ring (bicyclic) bond motifs is 1. The molecule has 0 saturated carbocycles. The normalized spacial score (nSPS) is 18.6. The number of pyridine rings is 1. The van der Waals surface area contributed by atoms with Crippen molar-refractivity contribution in [1.29, 1.82) is 0 Å². The maximum Gasteiger partial charge on any atom is 0.418 e. The van der Waals surface area contributed by atoms with E-state index < -0.39 is 24.3 Å². The monoisotopic (exact) mass is 467 g/mol. The van der Waals surface area contributed by atoms with Crippen LogP contribution in [0.1, 0.15) is 23.5 Å².